The summed E-state index contributed by atoms with van der Waals surface area (Å²) in [4.78, 5) is 28.1. The van der Waals surface area contributed by atoms with Crippen molar-refractivity contribution in [3.63, 3.8) is 0 Å². The molecule has 3 aromatic rings. The van der Waals surface area contributed by atoms with E-state index in [0.29, 0.717) is 11.4 Å². The van der Waals surface area contributed by atoms with E-state index in [1.54, 1.807) is 22.6 Å². The van der Waals surface area contributed by atoms with E-state index >= 15 is 0 Å². The first kappa shape index (κ1) is 12.7. The van der Waals surface area contributed by atoms with E-state index < -0.39 is 0 Å². The van der Waals surface area contributed by atoms with Crippen LogP contribution in [0, 0.1) is 0 Å². The van der Waals surface area contributed by atoms with Crippen molar-refractivity contribution >= 4 is 33.8 Å². The second-order valence-electron chi connectivity index (χ2n) is 4.39. The van der Waals surface area contributed by atoms with Crippen LogP contribution in [0.25, 0.3) is 10.9 Å². The third-order valence-corrected chi connectivity index (χ3v) is 3.65. The number of hydrogen-bond acceptors (Lipinski definition) is 5. The Hall–Kier alpha value is -2.34. The number of para-hydroxylation sites is 1. The van der Waals surface area contributed by atoms with Gasteiger partial charge in [0, 0.05) is 17.8 Å². The molecule has 0 atom stereocenters. The second-order valence-corrected chi connectivity index (χ2v) is 5.10. The normalized spacial score (nSPS) is 10.8. The van der Waals surface area contributed by atoms with Crippen LogP contribution in [0.4, 0.5) is 0 Å². The number of aryl methyl sites for hydroxylation is 1. The molecule has 1 aromatic carbocycles. The molecule has 0 radical (unpaired) electrons. The first-order valence-electron chi connectivity index (χ1n) is 6.03. The van der Waals surface area contributed by atoms with Crippen molar-refractivity contribution in [1.29, 1.82) is 0 Å². The van der Waals surface area contributed by atoms with Crippen LogP contribution in [-0.2, 0) is 7.05 Å². The highest BCUT2D eigenvalue weighted by Gasteiger charge is 2.20. The predicted octanol–water partition coefficient (Wildman–Crippen LogP) is 2.49. The van der Waals surface area contributed by atoms with E-state index in [2.05, 4.69) is 10.1 Å². The smallest absolute Gasteiger partial charge is 0.191 e. The number of benzene rings is 1. The van der Waals surface area contributed by atoms with E-state index in [9.17, 15) is 9.59 Å². The van der Waals surface area contributed by atoms with Crippen LogP contribution in [-0.4, -0.2) is 26.3 Å². The Morgan fingerprint density at radius 3 is 2.80 bits per heavy atom. The quantitative estimate of drug-likeness (QED) is 0.545. The van der Waals surface area contributed by atoms with Crippen LogP contribution >= 0.6 is 11.3 Å². The molecule has 0 saturated heterocycles. The number of hydrogen-bond donors (Lipinski definition) is 0. The molecule has 3 rings (SSSR count). The highest BCUT2D eigenvalue weighted by molar-refractivity contribution is 7.07. The van der Waals surface area contributed by atoms with Crippen LogP contribution in [0.2, 0.25) is 0 Å². The van der Waals surface area contributed by atoms with Gasteiger partial charge >= 0.3 is 0 Å². The number of rotatable bonds is 4. The molecular formula is C14H11N3O2S. The van der Waals surface area contributed by atoms with Gasteiger partial charge in [-0.25, -0.2) is 4.98 Å². The third-order valence-electron chi connectivity index (χ3n) is 3.06. The zero-order valence-corrected chi connectivity index (χ0v) is 11.6. The Morgan fingerprint density at radius 2 is 2.05 bits per heavy atom. The molecule has 0 aliphatic rings. The summed E-state index contributed by atoms with van der Waals surface area (Å²) in [5, 5.41) is 6.64. The Morgan fingerprint density at radius 1 is 1.25 bits per heavy atom. The lowest BCUT2D eigenvalue weighted by molar-refractivity contribution is 0.0889. The SMILES string of the molecule is Cn1nc(C(=O)CC(=O)c2cscn2)c2ccccc21. The molecule has 6 heteroatoms. The van der Waals surface area contributed by atoms with Crippen LogP contribution in [0.15, 0.2) is 35.2 Å². The van der Waals surface area contributed by atoms with Gasteiger partial charge < -0.3 is 0 Å². The first-order chi connectivity index (χ1) is 9.66. The summed E-state index contributed by atoms with van der Waals surface area (Å²) in [5.74, 6) is -0.550. The van der Waals surface area contributed by atoms with Crippen LogP contribution in [0.3, 0.4) is 0 Å². The summed E-state index contributed by atoms with van der Waals surface area (Å²) >= 11 is 1.33. The zero-order chi connectivity index (χ0) is 14.1. The van der Waals surface area contributed by atoms with E-state index in [0.717, 1.165) is 10.9 Å². The van der Waals surface area contributed by atoms with E-state index in [4.69, 9.17) is 0 Å². The van der Waals surface area contributed by atoms with E-state index in [1.165, 1.54) is 11.3 Å². The van der Waals surface area contributed by atoms with Crippen LogP contribution < -0.4 is 0 Å². The fourth-order valence-corrected chi connectivity index (χ4v) is 2.65. The molecule has 0 fully saturated rings. The van der Waals surface area contributed by atoms with Gasteiger partial charge in [-0.3, -0.25) is 14.3 Å². The van der Waals surface area contributed by atoms with Crippen molar-refractivity contribution < 1.29 is 9.59 Å². The van der Waals surface area contributed by atoms with Gasteiger partial charge in [0.15, 0.2) is 11.6 Å². The molecule has 0 N–H and O–H groups in total. The largest absolute Gasteiger partial charge is 0.292 e. The predicted molar refractivity (Wildman–Crippen MR) is 76.1 cm³/mol. The monoisotopic (exact) mass is 285 g/mol. The maximum atomic E-state index is 12.3. The second kappa shape index (κ2) is 4.97. The van der Waals surface area contributed by atoms with Gasteiger partial charge in [0.25, 0.3) is 0 Å². The van der Waals surface area contributed by atoms with Gasteiger partial charge in [-0.2, -0.15) is 5.10 Å². The number of nitrogens with zero attached hydrogens (tertiary/aromatic N) is 3. The number of thiazole rings is 1. The molecule has 20 heavy (non-hydrogen) atoms. The maximum absolute atomic E-state index is 12.3. The number of aromatic nitrogens is 3. The minimum Gasteiger partial charge on any atom is -0.292 e. The van der Waals surface area contributed by atoms with Gasteiger partial charge in [-0.15, -0.1) is 11.3 Å². The fraction of sp³-hybridized carbons (Fsp3) is 0.143. The molecule has 0 unspecified atom stereocenters. The summed E-state index contributed by atoms with van der Waals surface area (Å²) in [6.45, 7) is 0. The van der Waals surface area contributed by atoms with Crippen molar-refractivity contribution in [3.8, 4) is 0 Å². The topological polar surface area (TPSA) is 64.8 Å². The zero-order valence-electron chi connectivity index (χ0n) is 10.7. The summed E-state index contributed by atoms with van der Waals surface area (Å²) in [6.07, 6.45) is -0.204. The minimum atomic E-state index is -0.278. The molecule has 0 bridgehead atoms. The van der Waals surface area contributed by atoms with Gasteiger partial charge in [0.1, 0.15) is 11.4 Å². The lowest BCUT2D eigenvalue weighted by atomic mass is 10.1. The van der Waals surface area contributed by atoms with Gasteiger partial charge in [-0.05, 0) is 6.07 Å². The average Bonchev–Trinajstić information content (AvgIpc) is 3.07. The van der Waals surface area contributed by atoms with Crippen LogP contribution in [0.5, 0.6) is 0 Å². The molecule has 0 aliphatic carbocycles. The number of fused-ring (bicyclic) bond motifs is 1. The summed E-state index contributed by atoms with van der Waals surface area (Å²) < 4.78 is 1.65. The molecule has 5 nitrogen and oxygen atoms in total. The number of ketones is 2. The van der Waals surface area contributed by atoms with Crippen molar-refractivity contribution in [2.24, 2.45) is 7.05 Å². The Balaban J connectivity index is 1.92. The molecular weight excluding hydrogens is 274 g/mol. The van der Waals surface area contributed by atoms with Crippen LogP contribution in [0.1, 0.15) is 27.4 Å². The van der Waals surface area contributed by atoms with E-state index in [-0.39, 0.29) is 18.0 Å². The molecule has 2 aromatic heterocycles. The maximum Gasteiger partial charge on any atom is 0.191 e. The van der Waals surface area contributed by atoms with Crippen molar-refractivity contribution in [2.45, 2.75) is 6.42 Å². The lowest BCUT2D eigenvalue weighted by Crippen LogP contribution is -2.10. The molecule has 100 valence electrons. The first-order valence-corrected chi connectivity index (χ1v) is 6.97. The highest BCUT2D eigenvalue weighted by Crippen LogP contribution is 2.19. The van der Waals surface area contributed by atoms with Gasteiger partial charge in [0.2, 0.25) is 0 Å². The van der Waals surface area contributed by atoms with Crippen molar-refractivity contribution in [3.05, 3.63) is 46.5 Å². The Labute approximate surface area is 118 Å². The lowest BCUT2D eigenvalue weighted by Gasteiger charge is -1.96. The minimum absolute atomic E-state index is 0.204. The Bertz CT molecular complexity index is 790. The highest BCUT2D eigenvalue weighted by atomic mass is 32.1. The Kier molecular flexibility index (Phi) is 3.15. The standard InChI is InChI=1S/C14H11N3O2S/c1-17-11-5-3-2-4-9(11)14(16-17)13(19)6-12(18)10-7-20-8-15-10/h2-5,7-8H,6H2,1H3. The summed E-state index contributed by atoms with van der Waals surface area (Å²) in [5.41, 5.74) is 3.13. The summed E-state index contributed by atoms with van der Waals surface area (Å²) in [7, 11) is 1.78. The van der Waals surface area contributed by atoms with Crippen molar-refractivity contribution in [1.82, 2.24) is 14.8 Å². The summed E-state index contributed by atoms with van der Waals surface area (Å²) in [6, 6.07) is 7.46. The molecule has 0 saturated carbocycles. The fourth-order valence-electron chi connectivity index (χ4n) is 2.09. The number of Topliss-reactive ketones (excluding diaryl/α,β-unsaturated/α-hetero) is 2. The van der Waals surface area contributed by atoms with Crippen molar-refractivity contribution in [2.75, 3.05) is 0 Å². The molecule has 0 spiro atoms. The molecule has 2 heterocycles. The molecule has 0 amide bonds. The number of carbonyl (C=O) groups is 2. The average molecular weight is 285 g/mol. The van der Waals surface area contributed by atoms with Gasteiger partial charge in [0.05, 0.1) is 17.4 Å². The van der Waals surface area contributed by atoms with E-state index in [1.807, 2.05) is 24.3 Å². The van der Waals surface area contributed by atoms with Gasteiger partial charge in [-0.1, -0.05) is 18.2 Å². The number of carbonyl (C=O) groups excluding carboxylic acids is 2. The molecule has 0 aliphatic heterocycles. The third kappa shape index (κ3) is 2.14.